The molecule has 13 heavy (non-hydrogen) atoms. The van der Waals surface area contributed by atoms with Crippen LogP contribution in [0.3, 0.4) is 0 Å². The summed E-state index contributed by atoms with van der Waals surface area (Å²) in [5, 5.41) is 2.05. The van der Waals surface area contributed by atoms with E-state index in [1.165, 1.54) is 17.7 Å². The summed E-state index contributed by atoms with van der Waals surface area (Å²) in [7, 11) is 0. The van der Waals surface area contributed by atoms with Gasteiger partial charge in [0, 0.05) is 6.21 Å². The van der Waals surface area contributed by atoms with Gasteiger partial charge < -0.3 is 4.74 Å². The standard InChI is InChI=1S/C10H11NOS/c1-2-7(1)8-6-12-9-3-4-13-10(9)5-11-8/h3-5,7-8H,1-2,6H2. The van der Waals surface area contributed by atoms with Crippen LogP contribution in [0.4, 0.5) is 0 Å². The Morgan fingerprint density at radius 2 is 2.38 bits per heavy atom. The molecule has 0 saturated heterocycles. The fourth-order valence-corrected chi connectivity index (χ4v) is 2.35. The lowest BCUT2D eigenvalue weighted by atomic mass is 10.2. The quantitative estimate of drug-likeness (QED) is 0.671. The average Bonchev–Trinajstić information content (AvgIpc) is 2.90. The van der Waals surface area contributed by atoms with Gasteiger partial charge >= 0.3 is 0 Å². The van der Waals surface area contributed by atoms with Gasteiger partial charge in [-0.3, -0.25) is 4.99 Å². The molecular formula is C10H11NOS. The molecule has 68 valence electrons. The van der Waals surface area contributed by atoms with Crippen LogP contribution in [0.1, 0.15) is 17.7 Å². The van der Waals surface area contributed by atoms with Crippen molar-refractivity contribution >= 4 is 17.6 Å². The lowest BCUT2D eigenvalue weighted by Gasteiger charge is -2.08. The maximum absolute atomic E-state index is 5.69. The number of rotatable bonds is 1. The van der Waals surface area contributed by atoms with Crippen LogP contribution < -0.4 is 4.74 Å². The van der Waals surface area contributed by atoms with E-state index in [9.17, 15) is 0 Å². The average molecular weight is 193 g/mol. The molecule has 0 aromatic carbocycles. The summed E-state index contributed by atoms with van der Waals surface area (Å²) in [5.41, 5.74) is 0. The van der Waals surface area contributed by atoms with Crippen LogP contribution in [-0.4, -0.2) is 18.9 Å². The first kappa shape index (κ1) is 7.56. The van der Waals surface area contributed by atoms with Gasteiger partial charge in [-0.1, -0.05) is 0 Å². The van der Waals surface area contributed by atoms with Crippen LogP contribution in [0.15, 0.2) is 16.4 Å². The minimum Gasteiger partial charge on any atom is -0.490 e. The topological polar surface area (TPSA) is 21.6 Å². The molecule has 1 atom stereocenters. The highest BCUT2D eigenvalue weighted by atomic mass is 32.1. The van der Waals surface area contributed by atoms with Gasteiger partial charge in [-0.25, -0.2) is 0 Å². The van der Waals surface area contributed by atoms with Gasteiger partial charge in [0.15, 0.2) is 0 Å². The Labute approximate surface area is 81.3 Å². The maximum Gasteiger partial charge on any atom is 0.138 e. The van der Waals surface area contributed by atoms with E-state index in [-0.39, 0.29) is 0 Å². The van der Waals surface area contributed by atoms with E-state index in [2.05, 4.69) is 4.99 Å². The molecule has 1 unspecified atom stereocenters. The Hall–Kier alpha value is -0.830. The Balaban J connectivity index is 1.86. The molecule has 1 saturated carbocycles. The summed E-state index contributed by atoms with van der Waals surface area (Å²) < 4.78 is 5.69. The number of hydrogen-bond acceptors (Lipinski definition) is 3. The first-order valence-electron chi connectivity index (χ1n) is 4.67. The summed E-state index contributed by atoms with van der Waals surface area (Å²) in [6, 6.07) is 2.45. The molecule has 3 rings (SSSR count). The third-order valence-corrected chi connectivity index (χ3v) is 3.45. The van der Waals surface area contributed by atoms with Crippen molar-refractivity contribution in [2.75, 3.05) is 6.61 Å². The maximum atomic E-state index is 5.69. The molecule has 0 bridgehead atoms. The molecule has 0 amide bonds. The van der Waals surface area contributed by atoms with Crippen molar-refractivity contribution < 1.29 is 4.74 Å². The van der Waals surface area contributed by atoms with Crippen molar-refractivity contribution in [1.82, 2.24) is 0 Å². The van der Waals surface area contributed by atoms with Crippen LogP contribution in [0.25, 0.3) is 0 Å². The van der Waals surface area contributed by atoms with Crippen molar-refractivity contribution in [3.8, 4) is 5.75 Å². The summed E-state index contributed by atoms with van der Waals surface area (Å²) in [6.07, 6.45) is 4.65. The molecule has 0 spiro atoms. The number of thiophene rings is 1. The number of ether oxygens (including phenoxy) is 1. The Morgan fingerprint density at radius 3 is 3.23 bits per heavy atom. The van der Waals surface area contributed by atoms with Gasteiger partial charge in [0.1, 0.15) is 12.4 Å². The van der Waals surface area contributed by atoms with E-state index in [1.807, 2.05) is 17.7 Å². The molecular weight excluding hydrogens is 182 g/mol. The Morgan fingerprint density at radius 1 is 1.46 bits per heavy atom. The van der Waals surface area contributed by atoms with Gasteiger partial charge in [-0.15, -0.1) is 11.3 Å². The van der Waals surface area contributed by atoms with Crippen LogP contribution in [0.2, 0.25) is 0 Å². The van der Waals surface area contributed by atoms with E-state index in [0.717, 1.165) is 18.3 Å². The number of aliphatic imine (C=N–C) groups is 1. The fraction of sp³-hybridized carbons (Fsp3) is 0.500. The third kappa shape index (κ3) is 1.37. The lowest BCUT2D eigenvalue weighted by molar-refractivity contribution is 0.281. The second-order valence-electron chi connectivity index (χ2n) is 3.64. The molecule has 3 heteroatoms. The molecule has 2 aliphatic rings. The highest BCUT2D eigenvalue weighted by Crippen LogP contribution is 2.36. The van der Waals surface area contributed by atoms with E-state index >= 15 is 0 Å². The molecule has 0 radical (unpaired) electrons. The molecule has 1 aromatic rings. The summed E-state index contributed by atoms with van der Waals surface area (Å²) >= 11 is 1.70. The van der Waals surface area contributed by atoms with Crippen LogP contribution >= 0.6 is 11.3 Å². The molecule has 2 heterocycles. The number of nitrogens with zero attached hydrogens (tertiary/aromatic N) is 1. The van der Waals surface area contributed by atoms with Crippen LogP contribution in [-0.2, 0) is 0 Å². The second kappa shape index (κ2) is 2.84. The van der Waals surface area contributed by atoms with Crippen molar-refractivity contribution in [2.24, 2.45) is 10.9 Å². The molecule has 1 fully saturated rings. The van der Waals surface area contributed by atoms with Crippen LogP contribution in [0, 0.1) is 5.92 Å². The summed E-state index contributed by atoms with van der Waals surface area (Å²) in [4.78, 5) is 5.73. The van der Waals surface area contributed by atoms with Crippen molar-refractivity contribution in [1.29, 1.82) is 0 Å². The highest BCUT2D eigenvalue weighted by molar-refractivity contribution is 7.12. The molecule has 1 aromatic heterocycles. The number of hydrogen-bond donors (Lipinski definition) is 0. The summed E-state index contributed by atoms with van der Waals surface area (Å²) in [6.45, 7) is 0.769. The third-order valence-electron chi connectivity index (χ3n) is 2.62. The van der Waals surface area contributed by atoms with Gasteiger partial charge in [-0.05, 0) is 30.2 Å². The second-order valence-corrected chi connectivity index (χ2v) is 4.59. The zero-order valence-electron chi connectivity index (χ0n) is 7.27. The van der Waals surface area contributed by atoms with Crippen molar-refractivity contribution in [2.45, 2.75) is 18.9 Å². The highest BCUT2D eigenvalue weighted by Gasteiger charge is 2.32. The van der Waals surface area contributed by atoms with Gasteiger partial charge in [0.05, 0.1) is 10.9 Å². The molecule has 0 N–H and O–H groups in total. The van der Waals surface area contributed by atoms with E-state index < -0.39 is 0 Å². The smallest absolute Gasteiger partial charge is 0.138 e. The number of fused-ring (bicyclic) bond motifs is 1. The fourth-order valence-electron chi connectivity index (χ4n) is 1.64. The van der Waals surface area contributed by atoms with Gasteiger partial charge in [-0.2, -0.15) is 0 Å². The van der Waals surface area contributed by atoms with Gasteiger partial charge in [0.2, 0.25) is 0 Å². The minimum atomic E-state index is 0.416. The molecule has 2 nitrogen and oxygen atoms in total. The molecule has 1 aliphatic carbocycles. The largest absolute Gasteiger partial charge is 0.490 e. The lowest BCUT2D eigenvalue weighted by Crippen LogP contribution is -2.16. The SMILES string of the molecule is C1=NC(C2CC2)COc2ccsc21. The first-order chi connectivity index (χ1) is 6.43. The Kier molecular flexibility index (Phi) is 1.65. The zero-order chi connectivity index (χ0) is 8.67. The van der Waals surface area contributed by atoms with E-state index in [4.69, 9.17) is 4.74 Å². The van der Waals surface area contributed by atoms with Crippen molar-refractivity contribution in [3.63, 3.8) is 0 Å². The first-order valence-corrected chi connectivity index (χ1v) is 5.55. The Bertz CT molecular complexity index is 340. The monoisotopic (exact) mass is 193 g/mol. The van der Waals surface area contributed by atoms with E-state index in [0.29, 0.717) is 6.04 Å². The zero-order valence-corrected chi connectivity index (χ0v) is 8.09. The van der Waals surface area contributed by atoms with Gasteiger partial charge in [0.25, 0.3) is 0 Å². The minimum absolute atomic E-state index is 0.416. The molecule has 1 aliphatic heterocycles. The predicted molar refractivity (Wildman–Crippen MR) is 53.9 cm³/mol. The predicted octanol–water partition coefficient (Wildman–Crippen LogP) is 2.34. The normalized spacial score (nSPS) is 26.3. The van der Waals surface area contributed by atoms with Crippen molar-refractivity contribution in [3.05, 3.63) is 16.3 Å². The van der Waals surface area contributed by atoms with E-state index in [1.54, 1.807) is 11.3 Å². The summed E-state index contributed by atoms with van der Waals surface area (Å²) in [5.74, 6) is 1.81. The van der Waals surface area contributed by atoms with Crippen LogP contribution in [0.5, 0.6) is 5.75 Å².